The number of amides is 1. The monoisotopic (exact) mass is 242 g/mol. The molecular formula is C10H14N2O3S. The molecule has 0 aliphatic heterocycles. The van der Waals surface area contributed by atoms with Crippen LogP contribution >= 0.6 is 0 Å². The Kier molecular flexibility index (Phi) is 4.03. The highest BCUT2D eigenvalue weighted by atomic mass is 32.2. The predicted octanol–water partition coefficient (Wildman–Crippen LogP) is 0.894. The molecule has 5 nitrogen and oxygen atoms in total. The molecule has 0 aromatic heterocycles. The Hall–Kier alpha value is -1.40. The lowest BCUT2D eigenvalue weighted by Crippen LogP contribution is -2.42. The molecule has 6 heteroatoms. The van der Waals surface area contributed by atoms with Crippen LogP contribution in [0, 0.1) is 0 Å². The van der Waals surface area contributed by atoms with Crippen molar-refractivity contribution in [1.82, 2.24) is 4.72 Å². The molecule has 0 saturated carbocycles. The molecule has 1 N–H and O–H groups in total. The van der Waals surface area contributed by atoms with Crippen molar-refractivity contribution < 1.29 is 13.2 Å². The fourth-order valence-electron chi connectivity index (χ4n) is 1.22. The second kappa shape index (κ2) is 5.09. The van der Waals surface area contributed by atoms with Crippen LogP contribution in [0.5, 0.6) is 0 Å². The summed E-state index contributed by atoms with van der Waals surface area (Å²) in [5, 5.41) is 0. The van der Waals surface area contributed by atoms with E-state index in [9.17, 15) is 13.2 Å². The Bertz CT molecular complexity index is 456. The normalized spacial score (nSPS) is 11.1. The van der Waals surface area contributed by atoms with Crippen LogP contribution in [-0.4, -0.2) is 21.4 Å². The predicted molar refractivity (Wildman–Crippen MR) is 62.2 cm³/mol. The van der Waals surface area contributed by atoms with E-state index in [-0.39, 0.29) is 6.42 Å². The summed E-state index contributed by atoms with van der Waals surface area (Å²) < 4.78 is 26.3. The topological polar surface area (TPSA) is 66.5 Å². The van der Waals surface area contributed by atoms with E-state index in [2.05, 4.69) is 4.72 Å². The molecule has 0 aliphatic rings. The van der Waals surface area contributed by atoms with E-state index in [0.29, 0.717) is 5.69 Å². The number of para-hydroxylation sites is 1. The third-order valence-corrected chi connectivity index (χ3v) is 3.43. The molecule has 1 aromatic carbocycles. The van der Waals surface area contributed by atoms with E-state index in [0.717, 1.165) is 4.31 Å². The summed E-state index contributed by atoms with van der Waals surface area (Å²) in [5.41, 5.74) is 0.337. The van der Waals surface area contributed by atoms with Gasteiger partial charge in [0.25, 0.3) is 0 Å². The van der Waals surface area contributed by atoms with Crippen LogP contribution in [0.25, 0.3) is 0 Å². The zero-order valence-electron chi connectivity index (χ0n) is 9.17. The van der Waals surface area contributed by atoms with Crippen molar-refractivity contribution in [3.63, 3.8) is 0 Å². The summed E-state index contributed by atoms with van der Waals surface area (Å²) in [5.74, 6) is -0.472. The minimum atomic E-state index is -3.79. The third-order valence-electron chi connectivity index (χ3n) is 2.02. The second-order valence-electron chi connectivity index (χ2n) is 3.06. The molecule has 0 atom stereocenters. The molecular weight excluding hydrogens is 228 g/mol. The lowest BCUT2D eigenvalue weighted by molar-refractivity contribution is -0.117. The summed E-state index contributed by atoms with van der Waals surface area (Å²) in [7, 11) is -2.52. The van der Waals surface area contributed by atoms with Crippen molar-refractivity contribution in [3.05, 3.63) is 30.3 Å². The summed E-state index contributed by atoms with van der Waals surface area (Å²) in [4.78, 5) is 11.6. The van der Waals surface area contributed by atoms with E-state index in [1.807, 2.05) is 0 Å². The number of anilines is 1. The summed E-state index contributed by atoms with van der Waals surface area (Å²) in [6.07, 6.45) is 0.121. The van der Waals surface area contributed by atoms with Gasteiger partial charge in [0, 0.05) is 13.5 Å². The number of carbonyl (C=O) groups excluding carboxylic acids is 1. The third kappa shape index (κ3) is 2.59. The fourth-order valence-corrected chi connectivity index (χ4v) is 2.19. The molecule has 0 radical (unpaired) electrons. The van der Waals surface area contributed by atoms with Gasteiger partial charge in [-0.2, -0.15) is 12.7 Å². The molecule has 1 aromatic rings. The number of hydrogen-bond donors (Lipinski definition) is 1. The van der Waals surface area contributed by atoms with Gasteiger partial charge < -0.3 is 0 Å². The summed E-state index contributed by atoms with van der Waals surface area (Å²) in [6.45, 7) is 1.61. The summed E-state index contributed by atoms with van der Waals surface area (Å²) >= 11 is 0. The van der Waals surface area contributed by atoms with Gasteiger partial charge in [-0.1, -0.05) is 25.1 Å². The van der Waals surface area contributed by atoms with E-state index in [1.165, 1.54) is 7.05 Å². The molecule has 0 fully saturated rings. The highest BCUT2D eigenvalue weighted by Gasteiger charge is 2.26. The molecule has 0 bridgehead atoms. The van der Waals surface area contributed by atoms with Crippen LogP contribution in [0.3, 0.4) is 0 Å². The van der Waals surface area contributed by atoms with E-state index in [1.54, 1.807) is 37.3 Å². The van der Waals surface area contributed by atoms with Gasteiger partial charge in [-0.3, -0.25) is 4.79 Å². The molecule has 0 heterocycles. The first-order valence-electron chi connectivity index (χ1n) is 4.84. The van der Waals surface area contributed by atoms with Gasteiger partial charge in [0.1, 0.15) is 0 Å². The fraction of sp³-hybridized carbons (Fsp3) is 0.300. The van der Waals surface area contributed by atoms with Gasteiger partial charge in [-0.25, -0.2) is 4.72 Å². The van der Waals surface area contributed by atoms with Crippen molar-refractivity contribution >= 4 is 21.8 Å². The van der Waals surface area contributed by atoms with Crippen molar-refractivity contribution in [2.24, 2.45) is 0 Å². The SMILES string of the molecule is CCC(=O)N(c1ccccc1)S(=O)(=O)NC. The molecule has 0 spiro atoms. The quantitative estimate of drug-likeness (QED) is 0.852. The first-order chi connectivity index (χ1) is 7.53. The highest BCUT2D eigenvalue weighted by molar-refractivity contribution is 7.91. The van der Waals surface area contributed by atoms with E-state index in [4.69, 9.17) is 0 Å². The minimum Gasteiger partial charge on any atom is -0.273 e. The first kappa shape index (κ1) is 12.7. The van der Waals surface area contributed by atoms with E-state index < -0.39 is 16.1 Å². The number of rotatable bonds is 4. The van der Waals surface area contributed by atoms with Crippen LogP contribution in [0.4, 0.5) is 5.69 Å². The maximum absolute atomic E-state index is 11.7. The zero-order chi connectivity index (χ0) is 12.2. The Labute approximate surface area is 95.3 Å². The number of hydrogen-bond acceptors (Lipinski definition) is 3. The zero-order valence-corrected chi connectivity index (χ0v) is 9.99. The molecule has 1 amide bonds. The molecule has 0 aliphatic carbocycles. The average Bonchev–Trinajstić information content (AvgIpc) is 2.30. The van der Waals surface area contributed by atoms with Gasteiger partial charge in [-0.05, 0) is 12.1 Å². The van der Waals surface area contributed by atoms with Gasteiger partial charge in [0.2, 0.25) is 5.91 Å². The van der Waals surface area contributed by atoms with Crippen molar-refractivity contribution in [2.45, 2.75) is 13.3 Å². The number of nitrogens with zero attached hydrogens (tertiary/aromatic N) is 1. The second-order valence-corrected chi connectivity index (χ2v) is 4.78. The van der Waals surface area contributed by atoms with Crippen molar-refractivity contribution in [2.75, 3.05) is 11.4 Å². The Morgan fingerprint density at radius 1 is 1.31 bits per heavy atom. The average molecular weight is 242 g/mol. The van der Waals surface area contributed by atoms with Crippen molar-refractivity contribution in [1.29, 1.82) is 0 Å². The van der Waals surface area contributed by atoms with Gasteiger partial charge in [-0.15, -0.1) is 0 Å². The van der Waals surface area contributed by atoms with Crippen LogP contribution in [0.15, 0.2) is 30.3 Å². The lowest BCUT2D eigenvalue weighted by Gasteiger charge is -2.20. The minimum absolute atomic E-state index is 0.121. The smallest absolute Gasteiger partial charge is 0.273 e. The molecule has 88 valence electrons. The van der Waals surface area contributed by atoms with Crippen LogP contribution in [0.2, 0.25) is 0 Å². The maximum Gasteiger partial charge on any atom is 0.307 e. The number of carbonyl (C=O) groups is 1. The first-order valence-corrected chi connectivity index (χ1v) is 6.28. The van der Waals surface area contributed by atoms with Crippen LogP contribution in [-0.2, 0) is 15.0 Å². The van der Waals surface area contributed by atoms with E-state index >= 15 is 0 Å². The standard InChI is InChI=1S/C10H14N2O3S/c1-3-10(13)12(16(14,15)11-2)9-7-5-4-6-8-9/h4-8,11H,3H2,1-2H3. The Balaban J connectivity index is 3.23. The number of benzene rings is 1. The Morgan fingerprint density at radius 3 is 2.31 bits per heavy atom. The summed E-state index contributed by atoms with van der Waals surface area (Å²) in [6, 6.07) is 8.25. The van der Waals surface area contributed by atoms with Crippen LogP contribution < -0.4 is 9.03 Å². The number of nitrogens with one attached hydrogen (secondary N) is 1. The molecule has 0 unspecified atom stereocenters. The van der Waals surface area contributed by atoms with Crippen LogP contribution in [0.1, 0.15) is 13.3 Å². The largest absolute Gasteiger partial charge is 0.307 e. The van der Waals surface area contributed by atoms with Gasteiger partial charge in [0.15, 0.2) is 0 Å². The maximum atomic E-state index is 11.7. The molecule has 16 heavy (non-hydrogen) atoms. The molecule has 0 saturated heterocycles. The van der Waals surface area contributed by atoms with Crippen molar-refractivity contribution in [3.8, 4) is 0 Å². The van der Waals surface area contributed by atoms with Gasteiger partial charge in [0.05, 0.1) is 5.69 Å². The Morgan fingerprint density at radius 2 is 1.88 bits per heavy atom. The molecule has 1 rings (SSSR count). The van der Waals surface area contributed by atoms with Gasteiger partial charge >= 0.3 is 10.2 Å². The lowest BCUT2D eigenvalue weighted by atomic mass is 10.3. The highest BCUT2D eigenvalue weighted by Crippen LogP contribution is 2.17.